The van der Waals surface area contributed by atoms with E-state index in [0.717, 1.165) is 122 Å². The molecule has 0 saturated heterocycles. The van der Waals surface area contributed by atoms with Crippen molar-refractivity contribution in [1.82, 2.24) is 0 Å². The van der Waals surface area contributed by atoms with Crippen LogP contribution in [-0.4, -0.2) is 37.2 Å². The van der Waals surface area contributed by atoms with Gasteiger partial charge in [0.05, 0.1) is 0 Å². The summed E-state index contributed by atoms with van der Waals surface area (Å²) in [6.07, 6.45) is 85.6. The first-order valence-electron chi connectivity index (χ1n) is 32.2. The van der Waals surface area contributed by atoms with Crippen molar-refractivity contribution in [3.63, 3.8) is 0 Å². The van der Waals surface area contributed by atoms with E-state index >= 15 is 0 Å². The predicted octanol–water partition coefficient (Wildman–Crippen LogP) is 22.0. The maximum Gasteiger partial charge on any atom is 0.306 e. The summed E-state index contributed by atoms with van der Waals surface area (Å²) in [7, 11) is 0. The molecule has 6 nitrogen and oxygen atoms in total. The van der Waals surface area contributed by atoms with Crippen LogP contribution in [0.3, 0.4) is 0 Å². The van der Waals surface area contributed by atoms with Gasteiger partial charge in [-0.05, 0) is 122 Å². The molecule has 436 valence electrons. The van der Waals surface area contributed by atoms with Crippen LogP contribution in [0.5, 0.6) is 0 Å². The Bertz CT molecular complexity index is 1490. The van der Waals surface area contributed by atoms with Crippen molar-refractivity contribution < 1.29 is 28.6 Å². The van der Waals surface area contributed by atoms with Crippen LogP contribution >= 0.6 is 0 Å². The maximum atomic E-state index is 12.9. The Morgan fingerprint density at radius 3 is 0.816 bits per heavy atom. The van der Waals surface area contributed by atoms with Crippen LogP contribution in [0.25, 0.3) is 0 Å². The zero-order valence-electron chi connectivity index (χ0n) is 50.0. The minimum absolute atomic E-state index is 0.0849. The number of carbonyl (C=O) groups excluding carboxylic acids is 3. The molecule has 0 radical (unpaired) electrons. The molecule has 0 amide bonds. The summed E-state index contributed by atoms with van der Waals surface area (Å²) in [4.78, 5) is 38.3. The van der Waals surface area contributed by atoms with Crippen molar-refractivity contribution in [2.24, 2.45) is 0 Å². The summed E-state index contributed by atoms with van der Waals surface area (Å²) in [5.41, 5.74) is 0. The van der Waals surface area contributed by atoms with Crippen molar-refractivity contribution in [2.45, 2.75) is 316 Å². The van der Waals surface area contributed by atoms with Gasteiger partial charge >= 0.3 is 17.9 Å². The normalized spacial score (nSPS) is 12.7. The minimum atomic E-state index is -0.789. The van der Waals surface area contributed by atoms with Crippen molar-refractivity contribution >= 4 is 17.9 Å². The van der Waals surface area contributed by atoms with Crippen LogP contribution in [0.4, 0.5) is 0 Å². The van der Waals surface area contributed by atoms with Gasteiger partial charge in [-0.1, -0.05) is 266 Å². The molecule has 0 bridgehead atoms. The van der Waals surface area contributed by atoms with Gasteiger partial charge in [0.15, 0.2) is 6.10 Å². The Morgan fingerprint density at radius 2 is 0.513 bits per heavy atom. The zero-order chi connectivity index (χ0) is 55.0. The lowest BCUT2D eigenvalue weighted by molar-refractivity contribution is -0.167. The number of carbonyl (C=O) groups is 3. The second-order valence-electron chi connectivity index (χ2n) is 21.3. The van der Waals surface area contributed by atoms with Gasteiger partial charge in [-0.2, -0.15) is 0 Å². The Kier molecular flexibility index (Phi) is 60.8. The van der Waals surface area contributed by atoms with Crippen LogP contribution in [-0.2, 0) is 28.6 Å². The topological polar surface area (TPSA) is 78.9 Å². The van der Waals surface area contributed by atoms with Crippen molar-refractivity contribution in [3.05, 3.63) is 97.2 Å². The molecule has 0 N–H and O–H groups in total. The lowest BCUT2D eigenvalue weighted by Crippen LogP contribution is -2.30. The summed E-state index contributed by atoms with van der Waals surface area (Å²) in [5, 5.41) is 0. The maximum absolute atomic E-state index is 12.9. The third kappa shape index (κ3) is 61.2. The standard InChI is InChI=1S/C70H120O6/c1-4-7-10-13-16-19-22-25-27-29-30-31-32-33-34-35-36-37-38-39-40-41-43-45-48-51-54-57-60-63-69(72)75-66-67(65-74-68(71)62-59-56-53-50-47-44-24-21-18-15-12-9-6-3)76-70(73)64-61-58-55-52-49-46-42-28-26-23-20-17-14-11-8-5-2/h7,10,16,19-21,23-25,27-28,30-31,33-34,42,67H,4-6,8-9,11-15,17-18,22,26,29,32,35-41,43-66H2,1-3H3/b10-7-,19-16-,23-20-,24-21-,27-25-,31-30-,34-33-,42-28-. The average Bonchev–Trinajstić information content (AvgIpc) is 3.42. The molecule has 1 unspecified atom stereocenters. The largest absolute Gasteiger partial charge is 0.462 e. The molecule has 76 heavy (non-hydrogen) atoms. The van der Waals surface area contributed by atoms with Crippen molar-refractivity contribution in [2.75, 3.05) is 13.2 Å². The fourth-order valence-electron chi connectivity index (χ4n) is 8.97. The van der Waals surface area contributed by atoms with Crippen molar-refractivity contribution in [1.29, 1.82) is 0 Å². The van der Waals surface area contributed by atoms with E-state index in [-0.39, 0.29) is 31.1 Å². The number of rotatable bonds is 58. The third-order valence-corrected chi connectivity index (χ3v) is 13.8. The molecule has 0 saturated carbocycles. The molecule has 0 aliphatic carbocycles. The van der Waals surface area contributed by atoms with E-state index in [2.05, 4.69) is 118 Å². The second kappa shape index (κ2) is 63.9. The Labute approximate surface area is 470 Å². The van der Waals surface area contributed by atoms with Crippen LogP contribution in [0, 0.1) is 0 Å². The lowest BCUT2D eigenvalue weighted by atomic mass is 10.0. The first kappa shape index (κ1) is 72.3. The summed E-state index contributed by atoms with van der Waals surface area (Å²) in [6, 6.07) is 0. The summed E-state index contributed by atoms with van der Waals surface area (Å²) in [6.45, 7) is 6.50. The summed E-state index contributed by atoms with van der Waals surface area (Å²) in [5.74, 6) is -0.899. The van der Waals surface area contributed by atoms with Crippen LogP contribution < -0.4 is 0 Å². The van der Waals surface area contributed by atoms with Gasteiger partial charge in [-0.3, -0.25) is 14.4 Å². The molecule has 0 aromatic carbocycles. The Morgan fingerprint density at radius 1 is 0.276 bits per heavy atom. The van der Waals surface area contributed by atoms with Gasteiger partial charge in [-0.25, -0.2) is 0 Å². The second-order valence-corrected chi connectivity index (χ2v) is 21.3. The monoisotopic (exact) mass is 1060 g/mol. The quantitative estimate of drug-likeness (QED) is 0.0261. The van der Waals surface area contributed by atoms with Crippen LogP contribution in [0.15, 0.2) is 97.2 Å². The van der Waals surface area contributed by atoms with Gasteiger partial charge in [0.2, 0.25) is 0 Å². The van der Waals surface area contributed by atoms with Crippen molar-refractivity contribution in [3.8, 4) is 0 Å². The molecule has 0 aliphatic heterocycles. The third-order valence-electron chi connectivity index (χ3n) is 13.8. The number of unbranched alkanes of at least 4 members (excludes halogenated alkanes) is 31. The number of hydrogen-bond donors (Lipinski definition) is 0. The highest BCUT2D eigenvalue weighted by atomic mass is 16.6. The van der Waals surface area contributed by atoms with Gasteiger partial charge in [-0.15, -0.1) is 0 Å². The zero-order valence-corrected chi connectivity index (χ0v) is 50.0. The molecule has 0 aliphatic rings. The molecule has 0 spiro atoms. The molecule has 0 fully saturated rings. The number of hydrogen-bond acceptors (Lipinski definition) is 6. The highest BCUT2D eigenvalue weighted by molar-refractivity contribution is 5.71. The fraction of sp³-hybridized carbons (Fsp3) is 0.729. The smallest absolute Gasteiger partial charge is 0.306 e. The number of allylic oxidation sites excluding steroid dienone is 16. The number of ether oxygens (including phenoxy) is 3. The van der Waals surface area contributed by atoms with E-state index in [1.54, 1.807) is 0 Å². The molecule has 0 heterocycles. The Balaban J connectivity index is 4.26. The SMILES string of the molecule is CC/C=C\C/C=C\C/C=C\C/C=C\C/C=C\CCCCCCCCCCCCCCCC(=O)OCC(COC(=O)CCCCCCC/C=C\CCCCCC)OC(=O)CCCCCCC/C=C\C/C=C\CCCCCC. The van der Waals surface area contributed by atoms with Gasteiger partial charge in [0.1, 0.15) is 13.2 Å². The van der Waals surface area contributed by atoms with E-state index in [4.69, 9.17) is 14.2 Å². The van der Waals surface area contributed by atoms with Gasteiger partial charge < -0.3 is 14.2 Å². The molecular formula is C70H120O6. The molecule has 6 heteroatoms. The lowest BCUT2D eigenvalue weighted by Gasteiger charge is -2.18. The minimum Gasteiger partial charge on any atom is -0.462 e. The van der Waals surface area contributed by atoms with E-state index in [1.807, 2.05) is 0 Å². The van der Waals surface area contributed by atoms with Crippen LogP contribution in [0.2, 0.25) is 0 Å². The van der Waals surface area contributed by atoms with Gasteiger partial charge in [0, 0.05) is 19.3 Å². The van der Waals surface area contributed by atoms with E-state index in [9.17, 15) is 14.4 Å². The average molecular weight is 1060 g/mol. The molecule has 0 aromatic rings. The predicted molar refractivity (Wildman–Crippen MR) is 330 cm³/mol. The summed E-state index contributed by atoms with van der Waals surface area (Å²) >= 11 is 0. The van der Waals surface area contributed by atoms with E-state index in [0.29, 0.717) is 19.3 Å². The first-order valence-corrected chi connectivity index (χ1v) is 32.2. The highest BCUT2D eigenvalue weighted by Crippen LogP contribution is 2.16. The molecule has 0 rings (SSSR count). The molecule has 1 atom stereocenters. The van der Waals surface area contributed by atoms with Crippen LogP contribution in [0.1, 0.15) is 310 Å². The summed E-state index contributed by atoms with van der Waals surface area (Å²) < 4.78 is 16.9. The highest BCUT2D eigenvalue weighted by Gasteiger charge is 2.19. The molecule has 0 aromatic heterocycles. The van der Waals surface area contributed by atoms with Gasteiger partial charge in [0.25, 0.3) is 0 Å². The van der Waals surface area contributed by atoms with E-state index in [1.165, 1.54) is 148 Å². The van der Waals surface area contributed by atoms with E-state index < -0.39 is 6.10 Å². The Hall–Kier alpha value is -3.67. The fourth-order valence-corrected chi connectivity index (χ4v) is 8.97. The molecular weight excluding hydrogens is 937 g/mol. The first-order chi connectivity index (χ1) is 37.5. The number of esters is 3.